The van der Waals surface area contributed by atoms with E-state index >= 15 is 0 Å². The Bertz CT molecular complexity index is 451. The van der Waals surface area contributed by atoms with Crippen molar-refractivity contribution in [1.29, 1.82) is 0 Å². The van der Waals surface area contributed by atoms with E-state index in [1.54, 1.807) is 20.8 Å². The van der Waals surface area contributed by atoms with E-state index in [1.165, 1.54) is 0 Å². The molecule has 11 heteroatoms. The first kappa shape index (κ1) is 20.8. The van der Waals surface area contributed by atoms with Crippen molar-refractivity contribution < 1.29 is 0 Å². The quantitative estimate of drug-likeness (QED) is 0.566. The summed E-state index contributed by atoms with van der Waals surface area (Å²) in [5.41, 5.74) is -2.11. The molecule has 3 atom stereocenters. The summed E-state index contributed by atoms with van der Waals surface area (Å²) in [4.78, 5) is 0. The van der Waals surface area contributed by atoms with Crippen molar-refractivity contribution in [1.82, 2.24) is 0 Å². The molecule has 0 heterocycles. The first-order chi connectivity index (χ1) is 9.35. The van der Waals surface area contributed by atoms with E-state index in [-0.39, 0.29) is 0 Å². The molecule has 0 aromatic heterocycles. The molecule has 1 aliphatic rings. The van der Waals surface area contributed by atoms with Crippen LogP contribution in [0.25, 0.3) is 0 Å². The SMILES string of the molecule is [B]C1C([B])([B])C([B])([B])C([B])(C([B])[B])C1([B])C([B])([B])C(C)(C)C. The van der Waals surface area contributed by atoms with Crippen molar-refractivity contribution in [2.75, 3.05) is 0 Å². The lowest BCUT2D eigenvalue weighted by atomic mass is 9.14. The Morgan fingerprint density at radius 2 is 1.23 bits per heavy atom. The molecule has 0 aliphatic heterocycles. The summed E-state index contributed by atoms with van der Waals surface area (Å²) < 4.78 is 0. The molecule has 0 spiro atoms. The van der Waals surface area contributed by atoms with Gasteiger partial charge in [-0.3, -0.25) is 0 Å². The zero-order chi connectivity index (χ0) is 18.2. The first-order valence-electron chi connectivity index (χ1n) is 6.93. The Hall–Kier alpha value is 0.714. The summed E-state index contributed by atoms with van der Waals surface area (Å²) in [6.07, 6.45) is 0. The molecule has 0 N–H and O–H groups in total. The molecule has 1 saturated carbocycles. The van der Waals surface area contributed by atoms with E-state index in [0.717, 1.165) is 0 Å². The van der Waals surface area contributed by atoms with Crippen LogP contribution in [0, 0.1) is 5.41 Å². The van der Waals surface area contributed by atoms with Crippen LogP contribution in [-0.4, -0.2) is 86.3 Å². The summed E-state index contributed by atoms with van der Waals surface area (Å²) in [6.45, 7) is 5.25. The molecule has 1 rings (SSSR count). The minimum absolute atomic E-state index is 0.782. The fraction of sp³-hybridized carbons (Fsp3) is 1.00. The molecule has 3 unspecified atom stereocenters. The Morgan fingerprint density at radius 3 is 1.50 bits per heavy atom. The molecule has 0 aromatic rings. The Morgan fingerprint density at radius 1 is 0.864 bits per heavy atom. The van der Waals surface area contributed by atoms with Crippen LogP contribution in [0.15, 0.2) is 0 Å². The van der Waals surface area contributed by atoms with Crippen LogP contribution in [0.4, 0.5) is 0 Å². The van der Waals surface area contributed by atoms with Gasteiger partial charge in [0.05, 0.1) is 86.3 Å². The Kier molecular flexibility index (Phi) is 4.82. The van der Waals surface area contributed by atoms with Crippen LogP contribution >= 0.6 is 0 Å². The summed E-state index contributed by atoms with van der Waals surface area (Å²) in [7, 11) is 67.8. The fourth-order valence-corrected chi connectivity index (χ4v) is 3.36. The van der Waals surface area contributed by atoms with Crippen LogP contribution in [-0.2, 0) is 0 Å². The van der Waals surface area contributed by atoms with Gasteiger partial charge in [-0.1, -0.05) is 42.4 Å². The summed E-state index contributed by atoms with van der Waals surface area (Å²) >= 11 is 0. The molecule has 1 fully saturated rings. The van der Waals surface area contributed by atoms with Gasteiger partial charge in [0.15, 0.2) is 0 Å². The topological polar surface area (TPSA) is 0 Å². The molecule has 22 heavy (non-hydrogen) atoms. The third-order valence-electron chi connectivity index (χ3n) is 5.54. The van der Waals surface area contributed by atoms with Crippen LogP contribution in [0.1, 0.15) is 20.8 Å². The van der Waals surface area contributed by atoms with Gasteiger partial charge in [-0.15, -0.1) is 16.1 Å². The van der Waals surface area contributed by atoms with Crippen LogP contribution in [0.5, 0.6) is 0 Å². The minimum atomic E-state index is -2.03. The first-order valence-corrected chi connectivity index (χ1v) is 6.93. The Labute approximate surface area is 150 Å². The third-order valence-corrected chi connectivity index (χ3v) is 5.54. The highest BCUT2D eigenvalue weighted by Crippen LogP contribution is 2.91. The summed E-state index contributed by atoms with van der Waals surface area (Å²) in [6, 6.07) is 0. The lowest BCUT2D eigenvalue weighted by Crippen LogP contribution is -2.51. The van der Waals surface area contributed by atoms with Gasteiger partial charge in [-0.25, -0.2) is 0 Å². The molecule has 0 nitrogen and oxygen atoms in total. The van der Waals surface area contributed by atoms with Crippen molar-refractivity contribution in [3.63, 3.8) is 0 Å². The molecular weight excluding hydrogens is 251 g/mol. The lowest BCUT2D eigenvalue weighted by molar-refractivity contribution is 0.241. The molecule has 22 radical (unpaired) electrons. The highest BCUT2D eigenvalue weighted by Gasteiger charge is 2.71. The molecule has 0 saturated heterocycles. The predicted molar refractivity (Wildman–Crippen MR) is 104 cm³/mol. The lowest BCUT2D eigenvalue weighted by Gasteiger charge is -2.67. The number of hydrogen-bond acceptors (Lipinski definition) is 0. The average Bonchev–Trinajstić information content (AvgIpc) is 2.39. The van der Waals surface area contributed by atoms with Crippen molar-refractivity contribution in [2.45, 2.75) is 58.6 Å². The Balaban J connectivity index is 3.85. The molecule has 0 aromatic carbocycles. The second-order valence-corrected chi connectivity index (χ2v) is 7.66. The number of rotatable bonds is 2. The smallest absolute Gasteiger partial charge is 0.0723 e. The average molecular weight is 262 g/mol. The zero-order valence-corrected chi connectivity index (χ0v) is 13.5. The van der Waals surface area contributed by atoms with Crippen LogP contribution < -0.4 is 0 Å². The molecule has 1 aliphatic carbocycles. The van der Waals surface area contributed by atoms with Crippen LogP contribution in [0.2, 0.25) is 37.8 Å². The zero-order valence-electron chi connectivity index (χ0n) is 13.5. The highest BCUT2D eigenvalue weighted by molar-refractivity contribution is 6.65. The van der Waals surface area contributed by atoms with Crippen LogP contribution in [0.3, 0.4) is 0 Å². The predicted octanol–water partition coefficient (Wildman–Crippen LogP) is -0.900. The maximum Gasteiger partial charge on any atom is 0.0723 e. The largest absolute Gasteiger partial charge is 0.113 e. The van der Waals surface area contributed by atoms with E-state index in [1.807, 2.05) is 0 Å². The monoisotopic (exact) mass is 264 g/mol. The standard InChI is InChI=1S/C11H11B11/c1-6(2,3)10(19,20)7(15)4(12)9(17,18)11(21,22)8(7,16)5(13)14/h4-5H,1-3H3. The van der Waals surface area contributed by atoms with Gasteiger partial charge in [0.1, 0.15) is 0 Å². The molecule has 0 amide bonds. The highest BCUT2D eigenvalue weighted by atomic mass is 14.7. The van der Waals surface area contributed by atoms with E-state index in [0.29, 0.717) is 0 Å². The molecule has 88 valence electrons. The fourth-order valence-electron chi connectivity index (χ4n) is 3.36. The number of hydrogen-bond donors (Lipinski definition) is 0. The molecule has 0 bridgehead atoms. The summed E-state index contributed by atoms with van der Waals surface area (Å²) in [5.74, 6) is -1.27. The van der Waals surface area contributed by atoms with Gasteiger partial charge in [-0.2, -0.15) is 0 Å². The second-order valence-electron chi connectivity index (χ2n) is 7.66. The minimum Gasteiger partial charge on any atom is -0.113 e. The van der Waals surface area contributed by atoms with Gasteiger partial charge in [0.25, 0.3) is 0 Å². The van der Waals surface area contributed by atoms with Crippen molar-refractivity contribution >= 4 is 86.3 Å². The molecular formula is C11H11B11. The van der Waals surface area contributed by atoms with Gasteiger partial charge < -0.3 is 0 Å². The van der Waals surface area contributed by atoms with Crippen molar-refractivity contribution in [3.8, 4) is 0 Å². The van der Waals surface area contributed by atoms with Crippen molar-refractivity contribution in [2.24, 2.45) is 5.41 Å². The second kappa shape index (κ2) is 5.11. The van der Waals surface area contributed by atoms with E-state index < -0.39 is 43.2 Å². The van der Waals surface area contributed by atoms with Gasteiger partial charge in [0, 0.05) is 0 Å². The van der Waals surface area contributed by atoms with Gasteiger partial charge in [-0.05, 0) is 5.41 Å². The van der Waals surface area contributed by atoms with Gasteiger partial charge in [0.2, 0.25) is 0 Å². The van der Waals surface area contributed by atoms with Crippen molar-refractivity contribution in [3.05, 3.63) is 0 Å². The normalized spacial score (nSPS) is 38.1. The van der Waals surface area contributed by atoms with E-state index in [9.17, 15) is 0 Å². The maximum absolute atomic E-state index is 6.52. The maximum atomic E-state index is 6.52. The third kappa shape index (κ3) is 1.98. The summed E-state index contributed by atoms with van der Waals surface area (Å²) in [5, 5.41) is -9.45. The van der Waals surface area contributed by atoms with Gasteiger partial charge >= 0.3 is 0 Å². The van der Waals surface area contributed by atoms with E-state index in [2.05, 4.69) is 0 Å². The van der Waals surface area contributed by atoms with E-state index in [4.69, 9.17) is 86.3 Å².